The first-order chi connectivity index (χ1) is 9.33. The molecular formula is C15H13N3S. The van der Waals surface area contributed by atoms with Gasteiger partial charge in [-0.25, -0.2) is 9.50 Å². The Bertz CT molecular complexity index is 745. The zero-order valence-corrected chi connectivity index (χ0v) is 11.4. The van der Waals surface area contributed by atoms with E-state index in [0.29, 0.717) is 0 Å². The first kappa shape index (κ1) is 11.9. The Hall–Kier alpha value is -2.12. The van der Waals surface area contributed by atoms with Crippen molar-refractivity contribution >= 4 is 17.0 Å². The molecule has 0 aromatic carbocycles. The number of aryl methyl sites for hydroxylation is 2. The van der Waals surface area contributed by atoms with Crippen molar-refractivity contribution in [2.45, 2.75) is 19.8 Å². The average Bonchev–Trinajstić information content (AvgIpc) is 3.05. The molecule has 0 aliphatic carbocycles. The molecule has 0 unspecified atom stereocenters. The second-order valence-corrected chi connectivity index (χ2v) is 5.23. The molecule has 0 amide bonds. The van der Waals surface area contributed by atoms with E-state index in [-0.39, 0.29) is 0 Å². The lowest BCUT2D eigenvalue weighted by molar-refractivity contribution is 0.877. The molecule has 0 aliphatic heterocycles. The maximum Gasteiger partial charge on any atom is 0.155 e. The van der Waals surface area contributed by atoms with Crippen LogP contribution in [0.4, 0.5) is 0 Å². The van der Waals surface area contributed by atoms with Gasteiger partial charge in [0, 0.05) is 30.8 Å². The third kappa shape index (κ3) is 2.67. The van der Waals surface area contributed by atoms with Crippen molar-refractivity contribution in [1.29, 1.82) is 0 Å². The second kappa shape index (κ2) is 5.25. The van der Waals surface area contributed by atoms with Crippen molar-refractivity contribution in [2.24, 2.45) is 0 Å². The highest BCUT2D eigenvalue weighted by Gasteiger charge is 2.03. The van der Waals surface area contributed by atoms with Crippen LogP contribution in [0.2, 0.25) is 0 Å². The Balaban J connectivity index is 1.72. The van der Waals surface area contributed by atoms with Crippen LogP contribution in [-0.4, -0.2) is 14.6 Å². The third-order valence-corrected chi connectivity index (χ3v) is 3.67. The van der Waals surface area contributed by atoms with E-state index in [1.807, 2.05) is 29.8 Å². The minimum atomic E-state index is 0.829. The molecule has 0 aliphatic rings. The van der Waals surface area contributed by atoms with Crippen LogP contribution in [0.5, 0.6) is 0 Å². The van der Waals surface area contributed by atoms with Crippen molar-refractivity contribution in [2.75, 3.05) is 0 Å². The Labute approximate surface area is 115 Å². The molecule has 3 heterocycles. The predicted octanol–water partition coefficient (Wildman–Crippen LogP) is 3.08. The Kier molecular flexibility index (Phi) is 3.30. The summed E-state index contributed by atoms with van der Waals surface area (Å²) in [5.74, 6) is 6.37. The van der Waals surface area contributed by atoms with Crippen LogP contribution in [0.15, 0.2) is 36.0 Å². The number of hydrogen-bond acceptors (Lipinski definition) is 3. The van der Waals surface area contributed by atoms with Crippen molar-refractivity contribution in [1.82, 2.24) is 14.6 Å². The minimum absolute atomic E-state index is 0.829. The summed E-state index contributed by atoms with van der Waals surface area (Å²) in [6.45, 7) is 2.07. The van der Waals surface area contributed by atoms with Crippen molar-refractivity contribution in [3.05, 3.63) is 52.1 Å². The lowest BCUT2D eigenvalue weighted by atomic mass is 10.1. The molecule has 0 saturated heterocycles. The fourth-order valence-electron chi connectivity index (χ4n) is 1.91. The molecule has 3 aromatic rings. The lowest BCUT2D eigenvalue weighted by Gasteiger charge is -2.03. The molecule has 19 heavy (non-hydrogen) atoms. The first-order valence-corrected chi connectivity index (χ1v) is 7.03. The third-order valence-electron chi connectivity index (χ3n) is 2.89. The number of fused-ring (bicyclic) bond motifs is 1. The van der Waals surface area contributed by atoms with Crippen LogP contribution in [0.25, 0.3) is 5.65 Å². The van der Waals surface area contributed by atoms with E-state index in [0.717, 1.165) is 34.6 Å². The monoisotopic (exact) mass is 267 g/mol. The number of aromatic nitrogens is 3. The Morgan fingerprint density at radius 1 is 1.37 bits per heavy atom. The van der Waals surface area contributed by atoms with Gasteiger partial charge in [-0.15, -0.1) is 11.3 Å². The highest BCUT2D eigenvalue weighted by atomic mass is 32.1. The van der Waals surface area contributed by atoms with Gasteiger partial charge in [-0.05, 0) is 23.9 Å². The van der Waals surface area contributed by atoms with Gasteiger partial charge in [0.1, 0.15) is 0 Å². The van der Waals surface area contributed by atoms with Crippen molar-refractivity contribution < 1.29 is 0 Å². The smallest absolute Gasteiger partial charge is 0.155 e. The van der Waals surface area contributed by atoms with Crippen LogP contribution >= 0.6 is 11.3 Å². The largest absolute Gasteiger partial charge is 0.233 e. The van der Waals surface area contributed by atoms with E-state index in [9.17, 15) is 0 Å². The molecule has 0 bridgehead atoms. The molecule has 3 aromatic heterocycles. The first-order valence-electron chi connectivity index (χ1n) is 6.15. The van der Waals surface area contributed by atoms with Crippen LogP contribution < -0.4 is 0 Å². The topological polar surface area (TPSA) is 30.2 Å². The van der Waals surface area contributed by atoms with E-state index in [2.05, 4.69) is 28.8 Å². The number of rotatable bonds is 2. The molecule has 0 radical (unpaired) electrons. The molecule has 0 saturated carbocycles. The van der Waals surface area contributed by atoms with Crippen LogP contribution in [0, 0.1) is 18.8 Å². The zero-order chi connectivity index (χ0) is 13.1. The summed E-state index contributed by atoms with van der Waals surface area (Å²) in [5, 5.41) is 6.22. The Morgan fingerprint density at radius 3 is 3.16 bits per heavy atom. The summed E-state index contributed by atoms with van der Waals surface area (Å²) >= 11 is 1.67. The molecule has 94 valence electrons. The molecule has 0 spiro atoms. The summed E-state index contributed by atoms with van der Waals surface area (Å²) in [6.07, 6.45) is 5.49. The maximum absolute atomic E-state index is 4.60. The molecule has 0 atom stereocenters. The maximum atomic E-state index is 4.60. The van der Waals surface area contributed by atoms with Gasteiger partial charge in [-0.3, -0.25) is 0 Å². The predicted molar refractivity (Wildman–Crippen MR) is 77.2 cm³/mol. The number of nitrogens with zero attached hydrogens (tertiary/aromatic N) is 3. The fourth-order valence-corrected chi connectivity index (χ4v) is 2.50. The Morgan fingerprint density at radius 2 is 2.32 bits per heavy atom. The molecular weight excluding hydrogens is 254 g/mol. The summed E-state index contributed by atoms with van der Waals surface area (Å²) in [6, 6.07) is 5.98. The van der Waals surface area contributed by atoms with Crippen molar-refractivity contribution in [3.8, 4) is 11.8 Å². The van der Waals surface area contributed by atoms with Crippen LogP contribution in [-0.2, 0) is 6.42 Å². The quantitative estimate of drug-likeness (QED) is 0.668. The van der Waals surface area contributed by atoms with Gasteiger partial charge in [0.05, 0.1) is 11.1 Å². The van der Waals surface area contributed by atoms with Crippen LogP contribution in [0.1, 0.15) is 22.6 Å². The molecule has 4 heteroatoms. The van der Waals surface area contributed by atoms with E-state index in [4.69, 9.17) is 0 Å². The SMILES string of the molecule is Cc1cn2nccc2nc1CCC#Cc1cccs1. The molecule has 0 N–H and O–H groups in total. The van der Waals surface area contributed by atoms with Gasteiger partial charge in [-0.2, -0.15) is 5.10 Å². The fraction of sp³-hybridized carbons (Fsp3) is 0.200. The van der Waals surface area contributed by atoms with E-state index in [1.54, 1.807) is 22.0 Å². The van der Waals surface area contributed by atoms with Gasteiger partial charge >= 0.3 is 0 Å². The standard InChI is InChI=1S/C15H13N3S/c1-12-11-18-15(8-9-16-18)17-14(12)7-3-2-5-13-6-4-10-19-13/h4,6,8-11H,3,7H2,1H3. The van der Waals surface area contributed by atoms with Gasteiger partial charge in [-0.1, -0.05) is 17.9 Å². The molecule has 0 fully saturated rings. The molecule has 3 nitrogen and oxygen atoms in total. The zero-order valence-electron chi connectivity index (χ0n) is 10.6. The summed E-state index contributed by atoms with van der Waals surface area (Å²) in [5.41, 5.74) is 3.16. The average molecular weight is 267 g/mol. The second-order valence-electron chi connectivity index (χ2n) is 4.28. The normalized spacial score (nSPS) is 10.4. The van der Waals surface area contributed by atoms with E-state index < -0.39 is 0 Å². The number of hydrogen-bond donors (Lipinski definition) is 0. The minimum Gasteiger partial charge on any atom is -0.233 e. The van der Waals surface area contributed by atoms with Crippen molar-refractivity contribution in [3.63, 3.8) is 0 Å². The van der Waals surface area contributed by atoms with Gasteiger partial charge in [0.25, 0.3) is 0 Å². The van der Waals surface area contributed by atoms with Gasteiger partial charge < -0.3 is 0 Å². The summed E-state index contributed by atoms with van der Waals surface area (Å²) < 4.78 is 1.80. The highest BCUT2D eigenvalue weighted by molar-refractivity contribution is 7.10. The van der Waals surface area contributed by atoms with Gasteiger partial charge in [0.2, 0.25) is 0 Å². The summed E-state index contributed by atoms with van der Waals surface area (Å²) in [4.78, 5) is 5.73. The van der Waals surface area contributed by atoms with E-state index in [1.165, 1.54) is 0 Å². The number of thiophene rings is 1. The lowest BCUT2D eigenvalue weighted by Crippen LogP contribution is -1.99. The van der Waals surface area contributed by atoms with Crippen LogP contribution in [0.3, 0.4) is 0 Å². The van der Waals surface area contributed by atoms with Gasteiger partial charge in [0.15, 0.2) is 5.65 Å². The molecule has 3 rings (SSSR count). The highest BCUT2D eigenvalue weighted by Crippen LogP contribution is 2.10. The van der Waals surface area contributed by atoms with E-state index >= 15 is 0 Å². The summed E-state index contributed by atoms with van der Waals surface area (Å²) in [7, 11) is 0.